The second-order valence-corrected chi connectivity index (χ2v) is 9.17. The molecule has 2 saturated carbocycles. The SMILES string of the molecule is CC(C)Oc1cc(C2CCC(c3ccc([C@H](C)NC(=O)C4CC4)cc3)CC2)ncn1. The summed E-state index contributed by atoms with van der Waals surface area (Å²) in [6.45, 7) is 6.10. The molecule has 0 bridgehead atoms. The van der Waals surface area contributed by atoms with E-state index in [4.69, 9.17) is 4.74 Å². The first kappa shape index (κ1) is 20.8. The van der Waals surface area contributed by atoms with Gasteiger partial charge in [0.25, 0.3) is 0 Å². The summed E-state index contributed by atoms with van der Waals surface area (Å²) in [4.78, 5) is 20.7. The largest absolute Gasteiger partial charge is 0.475 e. The number of nitrogens with zero attached hydrogens (tertiary/aromatic N) is 2. The molecule has 4 rings (SSSR count). The quantitative estimate of drug-likeness (QED) is 0.677. The fraction of sp³-hybridized carbons (Fsp3) is 0.560. The van der Waals surface area contributed by atoms with E-state index in [0.29, 0.717) is 17.7 Å². The lowest BCUT2D eigenvalue weighted by Gasteiger charge is -2.29. The topological polar surface area (TPSA) is 64.1 Å². The Morgan fingerprint density at radius 3 is 2.27 bits per heavy atom. The van der Waals surface area contributed by atoms with Crippen molar-refractivity contribution in [3.8, 4) is 5.88 Å². The van der Waals surface area contributed by atoms with Gasteiger partial charge in [0.05, 0.1) is 17.8 Å². The highest BCUT2D eigenvalue weighted by molar-refractivity contribution is 5.81. The molecule has 2 aliphatic carbocycles. The van der Waals surface area contributed by atoms with Crippen LogP contribution in [0.25, 0.3) is 0 Å². The Kier molecular flexibility index (Phi) is 6.35. The van der Waals surface area contributed by atoms with E-state index in [0.717, 1.165) is 31.4 Å². The van der Waals surface area contributed by atoms with Gasteiger partial charge in [-0.1, -0.05) is 24.3 Å². The third kappa shape index (κ3) is 5.18. The number of rotatable bonds is 7. The van der Waals surface area contributed by atoms with E-state index < -0.39 is 0 Å². The number of hydrogen-bond acceptors (Lipinski definition) is 4. The molecule has 2 fully saturated rings. The van der Waals surface area contributed by atoms with Crippen molar-refractivity contribution in [1.29, 1.82) is 0 Å². The molecule has 1 aromatic carbocycles. The van der Waals surface area contributed by atoms with Crippen molar-refractivity contribution < 1.29 is 9.53 Å². The lowest BCUT2D eigenvalue weighted by molar-refractivity contribution is -0.122. The summed E-state index contributed by atoms with van der Waals surface area (Å²) in [7, 11) is 0. The lowest BCUT2D eigenvalue weighted by Crippen LogP contribution is -2.27. The van der Waals surface area contributed by atoms with E-state index in [1.54, 1.807) is 6.33 Å². The third-order valence-electron chi connectivity index (χ3n) is 6.38. The molecule has 2 aromatic rings. The van der Waals surface area contributed by atoms with E-state index in [2.05, 4.69) is 46.5 Å². The van der Waals surface area contributed by atoms with Gasteiger partial charge in [-0.2, -0.15) is 0 Å². The number of nitrogens with one attached hydrogen (secondary N) is 1. The highest BCUT2D eigenvalue weighted by Crippen LogP contribution is 2.40. The maximum Gasteiger partial charge on any atom is 0.223 e. The van der Waals surface area contributed by atoms with Gasteiger partial charge in [0.1, 0.15) is 6.33 Å². The summed E-state index contributed by atoms with van der Waals surface area (Å²) >= 11 is 0. The van der Waals surface area contributed by atoms with E-state index in [1.807, 2.05) is 19.9 Å². The predicted octanol–water partition coefficient (Wildman–Crippen LogP) is 5.29. The summed E-state index contributed by atoms with van der Waals surface area (Å²) in [5, 5.41) is 3.14. The maximum atomic E-state index is 12.0. The summed E-state index contributed by atoms with van der Waals surface area (Å²) in [5.41, 5.74) is 3.69. The number of carbonyl (C=O) groups is 1. The number of hydrogen-bond donors (Lipinski definition) is 1. The van der Waals surface area contributed by atoms with Crippen LogP contribution in [0.1, 0.15) is 94.0 Å². The van der Waals surface area contributed by atoms with Gasteiger partial charge < -0.3 is 10.1 Å². The van der Waals surface area contributed by atoms with E-state index in [9.17, 15) is 4.79 Å². The minimum absolute atomic E-state index is 0.0721. The van der Waals surface area contributed by atoms with Crippen LogP contribution in [0.2, 0.25) is 0 Å². The number of ether oxygens (including phenoxy) is 1. The van der Waals surface area contributed by atoms with Crippen LogP contribution in [0.15, 0.2) is 36.7 Å². The minimum Gasteiger partial charge on any atom is -0.475 e. The van der Waals surface area contributed by atoms with Crippen molar-refractivity contribution in [2.24, 2.45) is 5.92 Å². The van der Waals surface area contributed by atoms with Crippen molar-refractivity contribution in [2.75, 3.05) is 0 Å². The van der Waals surface area contributed by atoms with Crippen LogP contribution in [0, 0.1) is 5.92 Å². The zero-order valence-electron chi connectivity index (χ0n) is 18.3. The Labute approximate surface area is 179 Å². The zero-order valence-corrected chi connectivity index (χ0v) is 18.3. The van der Waals surface area contributed by atoms with E-state index in [-0.39, 0.29) is 24.0 Å². The van der Waals surface area contributed by atoms with Crippen LogP contribution in [0.5, 0.6) is 5.88 Å². The number of benzene rings is 1. The van der Waals surface area contributed by atoms with Gasteiger partial charge >= 0.3 is 0 Å². The van der Waals surface area contributed by atoms with Crippen LogP contribution >= 0.6 is 0 Å². The number of amides is 1. The summed E-state index contributed by atoms with van der Waals surface area (Å²) in [6.07, 6.45) is 8.45. The first-order valence-electron chi connectivity index (χ1n) is 11.4. The van der Waals surface area contributed by atoms with Gasteiger partial charge in [-0.05, 0) is 76.3 Å². The maximum absolute atomic E-state index is 12.0. The van der Waals surface area contributed by atoms with Crippen LogP contribution in [0.4, 0.5) is 0 Å². The fourth-order valence-electron chi connectivity index (χ4n) is 4.42. The van der Waals surface area contributed by atoms with Crippen molar-refractivity contribution >= 4 is 5.91 Å². The molecule has 0 spiro atoms. The van der Waals surface area contributed by atoms with Gasteiger partial charge in [-0.15, -0.1) is 0 Å². The Morgan fingerprint density at radius 1 is 0.967 bits per heavy atom. The van der Waals surface area contributed by atoms with Crippen molar-refractivity contribution in [2.45, 2.75) is 83.3 Å². The zero-order chi connectivity index (χ0) is 21.1. The summed E-state index contributed by atoms with van der Waals surface area (Å²) in [6, 6.07) is 10.9. The molecule has 0 unspecified atom stereocenters. The molecule has 160 valence electrons. The van der Waals surface area contributed by atoms with E-state index >= 15 is 0 Å². The molecule has 0 aliphatic heterocycles. The van der Waals surface area contributed by atoms with Crippen LogP contribution in [-0.2, 0) is 4.79 Å². The molecule has 1 atom stereocenters. The molecular formula is C25H33N3O2. The highest BCUT2D eigenvalue weighted by atomic mass is 16.5. The average molecular weight is 408 g/mol. The first-order valence-corrected chi connectivity index (χ1v) is 11.4. The molecule has 0 radical (unpaired) electrons. The minimum atomic E-state index is 0.0721. The molecule has 1 aromatic heterocycles. The first-order chi connectivity index (χ1) is 14.5. The van der Waals surface area contributed by atoms with Crippen molar-refractivity contribution in [3.05, 3.63) is 53.5 Å². The average Bonchev–Trinajstić information content (AvgIpc) is 3.59. The Balaban J connectivity index is 1.32. The second-order valence-electron chi connectivity index (χ2n) is 9.17. The summed E-state index contributed by atoms with van der Waals surface area (Å²) < 4.78 is 5.73. The lowest BCUT2D eigenvalue weighted by atomic mass is 9.77. The molecule has 1 heterocycles. The molecule has 2 aliphatic rings. The number of carbonyl (C=O) groups excluding carboxylic acids is 1. The second kappa shape index (κ2) is 9.15. The Hall–Kier alpha value is -2.43. The van der Waals surface area contributed by atoms with Gasteiger partial charge in [0.2, 0.25) is 11.8 Å². The van der Waals surface area contributed by atoms with Gasteiger partial charge in [-0.3, -0.25) is 4.79 Å². The smallest absolute Gasteiger partial charge is 0.223 e. The highest BCUT2D eigenvalue weighted by Gasteiger charge is 2.30. The van der Waals surface area contributed by atoms with Gasteiger partial charge in [0.15, 0.2) is 0 Å². The third-order valence-corrected chi connectivity index (χ3v) is 6.38. The normalized spacial score (nSPS) is 22.5. The summed E-state index contributed by atoms with van der Waals surface area (Å²) in [5.74, 6) is 2.22. The van der Waals surface area contributed by atoms with Crippen molar-refractivity contribution in [1.82, 2.24) is 15.3 Å². The fourth-order valence-corrected chi connectivity index (χ4v) is 4.42. The van der Waals surface area contributed by atoms with Crippen molar-refractivity contribution in [3.63, 3.8) is 0 Å². The molecule has 5 heteroatoms. The van der Waals surface area contributed by atoms with Gasteiger partial charge in [0, 0.05) is 17.9 Å². The standard InChI is InChI=1S/C25H33N3O2/c1-16(2)30-24-14-23(26-15-27-24)21-10-8-20(9-11-21)19-6-4-18(5-7-19)17(3)28-25(29)22-12-13-22/h4-7,14-17,20-22H,8-13H2,1-3H3,(H,28,29)/t17-,20?,21?/m0/s1. The predicted molar refractivity (Wildman–Crippen MR) is 117 cm³/mol. The molecule has 1 amide bonds. The van der Waals surface area contributed by atoms with Gasteiger partial charge in [-0.25, -0.2) is 9.97 Å². The molecule has 30 heavy (non-hydrogen) atoms. The van der Waals surface area contributed by atoms with E-state index in [1.165, 1.54) is 24.0 Å². The Morgan fingerprint density at radius 2 is 1.63 bits per heavy atom. The molecular weight excluding hydrogens is 374 g/mol. The molecule has 1 N–H and O–H groups in total. The molecule has 0 saturated heterocycles. The van der Waals surface area contributed by atoms with Crippen LogP contribution < -0.4 is 10.1 Å². The van der Waals surface area contributed by atoms with Crippen LogP contribution in [-0.4, -0.2) is 22.0 Å². The number of aromatic nitrogens is 2. The Bertz CT molecular complexity index is 853. The monoisotopic (exact) mass is 407 g/mol. The molecule has 5 nitrogen and oxygen atoms in total. The van der Waals surface area contributed by atoms with Crippen LogP contribution in [0.3, 0.4) is 0 Å².